The Hall–Kier alpha value is -2.49. The Balaban J connectivity index is 1.66. The molecule has 0 saturated carbocycles. The van der Waals surface area contributed by atoms with Crippen LogP contribution in [0.3, 0.4) is 0 Å². The molecule has 0 saturated heterocycles. The molecule has 134 valence electrons. The minimum Gasteiger partial charge on any atom is -0.349 e. The molecule has 0 fully saturated rings. The monoisotopic (exact) mass is 393 g/mol. The summed E-state index contributed by atoms with van der Waals surface area (Å²) in [5.74, 6) is 0.882. The van der Waals surface area contributed by atoms with Crippen molar-refractivity contribution in [2.75, 3.05) is 5.32 Å². The molecule has 2 atom stereocenters. The molecule has 1 aromatic heterocycles. The van der Waals surface area contributed by atoms with E-state index in [9.17, 15) is 0 Å². The van der Waals surface area contributed by atoms with E-state index >= 15 is 0 Å². The number of benzene rings is 3. The van der Waals surface area contributed by atoms with Crippen LogP contribution in [0.4, 0.5) is 5.95 Å². The number of aromatic nitrogens is 2. The van der Waals surface area contributed by atoms with E-state index < -0.39 is 0 Å². The number of anilines is 1. The first-order chi connectivity index (χ1) is 13.2. The zero-order valence-corrected chi connectivity index (χ0v) is 16.0. The molecule has 0 radical (unpaired) electrons. The van der Waals surface area contributed by atoms with Crippen LogP contribution in [0.1, 0.15) is 29.6 Å². The van der Waals surface area contributed by atoms with Crippen molar-refractivity contribution in [3.05, 3.63) is 94.0 Å². The second-order valence-electron chi connectivity index (χ2n) is 6.83. The fraction of sp³-hybridized carbons (Fsp3) is 0.136. The normalized spacial score (nSPS) is 18.9. The van der Waals surface area contributed by atoms with E-state index in [4.69, 9.17) is 28.2 Å². The summed E-state index contributed by atoms with van der Waals surface area (Å²) in [4.78, 5) is 4.84. The van der Waals surface area contributed by atoms with E-state index in [-0.39, 0.29) is 12.1 Å². The van der Waals surface area contributed by atoms with E-state index in [2.05, 4.69) is 52.3 Å². The van der Waals surface area contributed by atoms with Crippen LogP contribution >= 0.6 is 23.2 Å². The van der Waals surface area contributed by atoms with Crippen molar-refractivity contribution < 1.29 is 0 Å². The Morgan fingerprint density at radius 2 is 1.63 bits per heavy atom. The maximum absolute atomic E-state index is 6.27. The molecule has 0 amide bonds. The summed E-state index contributed by atoms with van der Waals surface area (Å²) in [6, 6.07) is 25.0. The second-order valence-corrected chi connectivity index (χ2v) is 7.64. The number of fused-ring (bicyclic) bond motifs is 3. The molecule has 0 bridgehead atoms. The Morgan fingerprint density at radius 1 is 0.852 bits per heavy atom. The number of para-hydroxylation sites is 2. The molecule has 4 aromatic rings. The maximum Gasteiger partial charge on any atom is 0.204 e. The van der Waals surface area contributed by atoms with Crippen molar-refractivity contribution in [3.8, 4) is 0 Å². The third-order valence-corrected chi connectivity index (χ3v) is 5.94. The molecule has 5 heteroatoms. The van der Waals surface area contributed by atoms with E-state index in [1.807, 2.05) is 30.3 Å². The van der Waals surface area contributed by atoms with Gasteiger partial charge in [-0.2, -0.15) is 0 Å². The first-order valence-corrected chi connectivity index (χ1v) is 9.70. The molecular formula is C22H17Cl2N3. The van der Waals surface area contributed by atoms with Gasteiger partial charge in [-0.1, -0.05) is 71.7 Å². The predicted molar refractivity (Wildman–Crippen MR) is 112 cm³/mol. The third-order valence-electron chi connectivity index (χ3n) is 5.20. The number of hydrogen-bond acceptors (Lipinski definition) is 2. The topological polar surface area (TPSA) is 29.9 Å². The molecule has 0 unspecified atom stereocenters. The molecule has 0 spiro atoms. The molecule has 2 heterocycles. The highest BCUT2D eigenvalue weighted by molar-refractivity contribution is 6.42. The standard InChI is InChI=1S/C22H17Cl2N3/c23-16-11-10-15(12-17(16)24)19-13-21(14-6-2-1-3-7-14)27-20-9-5-4-8-18(20)25-22(27)26-19/h1-12,19,21H,13H2,(H,25,26)/t19-,21+/m0/s1. The number of halogens is 2. The number of hydrogen-bond donors (Lipinski definition) is 1. The van der Waals surface area contributed by atoms with Gasteiger partial charge < -0.3 is 9.88 Å². The highest BCUT2D eigenvalue weighted by atomic mass is 35.5. The lowest BCUT2D eigenvalue weighted by Gasteiger charge is -2.33. The van der Waals surface area contributed by atoms with Crippen LogP contribution < -0.4 is 5.32 Å². The van der Waals surface area contributed by atoms with Gasteiger partial charge in [0.25, 0.3) is 0 Å². The molecule has 0 aliphatic carbocycles. The summed E-state index contributed by atoms with van der Waals surface area (Å²) < 4.78 is 2.30. The smallest absolute Gasteiger partial charge is 0.204 e. The molecular weight excluding hydrogens is 377 g/mol. The number of rotatable bonds is 2. The number of nitrogens with zero attached hydrogens (tertiary/aromatic N) is 2. The lowest BCUT2D eigenvalue weighted by Crippen LogP contribution is -2.27. The van der Waals surface area contributed by atoms with Gasteiger partial charge in [0.15, 0.2) is 0 Å². The van der Waals surface area contributed by atoms with Crippen molar-refractivity contribution in [1.82, 2.24) is 9.55 Å². The Labute approximate surface area is 167 Å². The number of imidazole rings is 1. The average Bonchev–Trinajstić information content (AvgIpc) is 3.08. The summed E-state index contributed by atoms with van der Waals surface area (Å²) in [5, 5.41) is 4.75. The molecule has 5 rings (SSSR count). The van der Waals surface area contributed by atoms with Crippen LogP contribution in [-0.2, 0) is 0 Å². The second kappa shape index (κ2) is 6.59. The molecule has 3 aromatic carbocycles. The van der Waals surface area contributed by atoms with Gasteiger partial charge in [0.05, 0.1) is 33.2 Å². The molecule has 1 aliphatic heterocycles. The first-order valence-electron chi connectivity index (χ1n) is 8.94. The van der Waals surface area contributed by atoms with Gasteiger partial charge in [-0.15, -0.1) is 0 Å². The SMILES string of the molecule is Clc1ccc([C@@H]2C[C@H](c3ccccc3)n3c(nc4ccccc43)N2)cc1Cl. The van der Waals surface area contributed by atoms with Crippen molar-refractivity contribution in [1.29, 1.82) is 0 Å². The van der Waals surface area contributed by atoms with Crippen molar-refractivity contribution >= 4 is 40.2 Å². The van der Waals surface area contributed by atoms with E-state index in [1.54, 1.807) is 0 Å². The van der Waals surface area contributed by atoms with E-state index in [0.29, 0.717) is 10.0 Å². The summed E-state index contributed by atoms with van der Waals surface area (Å²) in [7, 11) is 0. The van der Waals surface area contributed by atoms with Crippen molar-refractivity contribution in [3.63, 3.8) is 0 Å². The molecule has 1 aliphatic rings. The fourth-order valence-electron chi connectivity index (χ4n) is 3.91. The van der Waals surface area contributed by atoms with Gasteiger partial charge in [0.1, 0.15) is 0 Å². The predicted octanol–water partition coefficient (Wildman–Crippen LogP) is 6.49. The highest BCUT2D eigenvalue weighted by Crippen LogP contribution is 2.41. The van der Waals surface area contributed by atoms with Gasteiger partial charge in [-0.05, 0) is 41.8 Å². The first kappa shape index (κ1) is 16.7. The van der Waals surface area contributed by atoms with Crippen LogP contribution in [0.2, 0.25) is 10.0 Å². The van der Waals surface area contributed by atoms with Gasteiger partial charge >= 0.3 is 0 Å². The largest absolute Gasteiger partial charge is 0.349 e. The molecule has 27 heavy (non-hydrogen) atoms. The van der Waals surface area contributed by atoms with Crippen LogP contribution in [0, 0.1) is 0 Å². The van der Waals surface area contributed by atoms with Crippen LogP contribution in [0.5, 0.6) is 0 Å². The van der Waals surface area contributed by atoms with E-state index in [0.717, 1.165) is 29.0 Å². The van der Waals surface area contributed by atoms with Gasteiger partial charge in [-0.25, -0.2) is 4.98 Å². The minimum atomic E-state index is 0.106. The Bertz CT molecular complexity index is 1120. The van der Waals surface area contributed by atoms with Crippen LogP contribution in [-0.4, -0.2) is 9.55 Å². The Morgan fingerprint density at radius 3 is 2.44 bits per heavy atom. The molecule has 3 nitrogen and oxygen atoms in total. The summed E-state index contributed by atoms with van der Waals surface area (Å²) in [6.45, 7) is 0. The van der Waals surface area contributed by atoms with Gasteiger partial charge in [-0.3, -0.25) is 0 Å². The Kier molecular flexibility index (Phi) is 4.07. The molecule has 1 N–H and O–H groups in total. The summed E-state index contributed by atoms with van der Waals surface area (Å²) in [5.41, 5.74) is 4.52. The van der Waals surface area contributed by atoms with Crippen molar-refractivity contribution in [2.24, 2.45) is 0 Å². The summed E-state index contributed by atoms with van der Waals surface area (Å²) >= 11 is 12.4. The number of nitrogens with one attached hydrogen (secondary N) is 1. The summed E-state index contributed by atoms with van der Waals surface area (Å²) in [6.07, 6.45) is 0.898. The lowest BCUT2D eigenvalue weighted by molar-refractivity contribution is 0.477. The quantitative estimate of drug-likeness (QED) is 0.421. The third kappa shape index (κ3) is 2.88. The van der Waals surface area contributed by atoms with Crippen LogP contribution in [0.15, 0.2) is 72.8 Å². The fourth-order valence-corrected chi connectivity index (χ4v) is 4.22. The highest BCUT2D eigenvalue weighted by Gasteiger charge is 2.31. The van der Waals surface area contributed by atoms with Gasteiger partial charge in [0.2, 0.25) is 5.95 Å². The average molecular weight is 394 g/mol. The van der Waals surface area contributed by atoms with Gasteiger partial charge in [0, 0.05) is 0 Å². The minimum absolute atomic E-state index is 0.106. The zero-order valence-electron chi connectivity index (χ0n) is 14.4. The zero-order chi connectivity index (χ0) is 18.4. The van der Waals surface area contributed by atoms with Crippen LogP contribution in [0.25, 0.3) is 11.0 Å². The lowest BCUT2D eigenvalue weighted by atomic mass is 9.93. The van der Waals surface area contributed by atoms with Crippen molar-refractivity contribution in [2.45, 2.75) is 18.5 Å². The van der Waals surface area contributed by atoms with E-state index in [1.165, 1.54) is 5.56 Å². The maximum atomic E-state index is 6.27.